The largest absolute Gasteiger partial charge is 0.456 e. The first-order valence-corrected chi connectivity index (χ1v) is 5.43. The molecule has 3 radical (unpaired) electrons. The summed E-state index contributed by atoms with van der Waals surface area (Å²) in [6.45, 7) is 0. The quantitative estimate of drug-likeness (QED) is 0.604. The van der Waals surface area contributed by atoms with Gasteiger partial charge in [0.2, 0.25) is 0 Å². The van der Waals surface area contributed by atoms with Crippen molar-refractivity contribution in [2.75, 3.05) is 0 Å². The van der Waals surface area contributed by atoms with Gasteiger partial charge in [0.1, 0.15) is 11.3 Å². The van der Waals surface area contributed by atoms with Crippen molar-refractivity contribution in [3.8, 4) is 11.3 Å². The Morgan fingerprint density at radius 2 is 1.50 bits per heavy atom. The highest BCUT2D eigenvalue weighted by Crippen LogP contribution is 2.21. The zero-order valence-corrected chi connectivity index (χ0v) is 9.67. The van der Waals surface area contributed by atoms with E-state index >= 15 is 0 Å². The first-order valence-electron chi connectivity index (χ1n) is 5.43. The number of benzene rings is 2. The fourth-order valence-corrected chi connectivity index (χ4v) is 1.85. The van der Waals surface area contributed by atoms with Gasteiger partial charge in [0, 0.05) is 20.0 Å². The normalized spacial score (nSPS) is 10.0. The summed E-state index contributed by atoms with van der Waals surface area (Å²) in [5.41, 5.74) is 1.53. The second-order valence-electron chi connectivity index (χ2n) is 3.84. The van der Waals surface area contributed by atoms with Crippen LogP contribution in [0.4, 0.5) is 0 Å². The van der Waals surface area contributed by atoms with Crippen molar-refractivity contribution in [2.45, 2.75) is 0 Å². The minimum absolute atomic E-state index is 0. The molecule has 0 N–H and O–H groups in total. The average molecular weight is 233 g/mol. The van der Waals surface area contributed by atoms with E-state index in [0.29, 0.717) is 16.7 Å². The van der Waals surface area contributed by atoms with Gasteiger partial charge in [-0.05, 0) is 12.1 Å². The third-order valence-corrected chi connectivity index (χ3v) is 2.69. The van der Waals surface area contributed by atoms with Crippen LogP contribution in [-0.4, -0.2) is 8.41 Å². The molecule has 1 aromatic heterocycles. The van der Waals surface area contributed by atoms with Crippen LogP contribution >= 0.6 is 0 Å². The van der Waals surface area contributed by atoms with Crippen LogP contribution in [0.2, 0.25) is 0 Å². The summed E-state index contributed by atoms with van der Waals surface area (Å²) in [6, 6.07) is 18.4. The van der Waals surface area contributed by atoms with Crippen molar-refractivity contribution >= 4 is 19.4 Å². The molecule has 0 amide bonds. The maximum absolute atomic E-state index is 11.9. The molecular weight excluding hydrogens is 223 g/mol. The van der Waals surface area contributed by atoms with E-state index in [1.807, 2.05) is 48.5 Å². The summed E-state index contributed by atoms with van der Waals surface area (Å²) in [5, 5.41) is 0.618. The molecule has 85 valence electrons. The van der Waals surface area contributed by atoms with E-state index in [2.05, 4.69) is 0 Å². The molecule has 0 spiro atoms. The van der Waals surface area contributed by atoms with Crippen molar-refractivity contribution in [2.24, 2.45) is 0 Å². The van der Waals surface area contributed by atoms with Crippen molar-refractivity contribution in [1.29, 1.82) is 0 Å². The van der Waals surface area contributed by atoms with Crippen LogP contribution in [0.3, 0.4) is 0 Å². The molecule has 0 aliphatic carbocycles. The van der Waals surface area contributed by atoms with Crippen molar-refractivity contribution < 1.29 is 4.42 Å². The summed E-state index contributed by atoms with van der Waals surface area (Å²) in [5.74, 6) is 0.606. The number of hydrogen-bond donors (Lipinski definition) is 0. The number of fused-ring (bicyclic) bond motifs is 1. The van der Waals surface area contributed by atoms with E-state index in [-0.39, 0.29) is 13.8 Å². The van der Waals surface area contributed by atoms with Crippen LogP contribution in [-0.2, 0) is 0 Å². The van der Waals surface area contributed by atoms with Gasteiger partial charge in [-0.25, -0.2) is 0 Å². The van der Waals surface area contributed by atoms with Crippen LogP contribution in [0, 0.1) is 0 Å². The minimum atomic E-state index is -0.00861. The van der Waals surface area contributed by atoms with E-state index in [0.717, 1.165) is 5.56 Å². The molecule has 0 unspecified atom stereocenters. The van der Waals surface area contributed by atoms with Crippen LogP contribution in [0.1, 0.15) is 0 Å². The molecule has 2 nitrogen and oxygen atoms in total. The minimum Gasteiger partial charge on any atom is -0.456 e. The summed E-state index contributed by atoms with van der Waals surface area (Å²) in [6.07, 6.45) is 0. The summed E-state index contributed by atoms with van der Waals surface area (Å²) < 4.78 is 5.73. The zero-order valence-electron chi connectivity index (χ0n) is 9.67. The van der Waals surface area contributed by atoms with Crippen LogP contribution < -0.4 is 5.43 Å². The molecule has 0 atom stereocenters. The second kappa shape index (κ2) is 4.92. The predicted octanol–water partition coefficient (Wildman–Crippen LogP) is 3.08. The summed E-state index contributed by atoms with van der Waals surface area (Å²) in [4.78, 5) is 11.9. The highest BCUT2D eigenvalue weighted by molar-refractivity contribution is 5.78. The molecule has 0 aliphatic rings. The van der Waals surface area contributed by atoms with E-state index in [1.54, 1.807) is 6.07 Å². The summed E-state index contributed by atoms with van der Waals surface area (Å²) in [7, 11) is 0. The smallest absolute Gasteiger partial charge is 0.193 e. The molecule has 18 heavy (non-hydrogen) atoms. The number of para-hydroxylation sites is 1. The molecule has 0 saturated heterocycles. The average Bonchev–Trinajstić information content (AvgIpc) is 2.40. The van der Waals surface area contributed by atoms with Crippen LogP contribution in [0.15, 0.2) is 69.9 Å². The Morgan fingerprint density at radius 3 is 2.28 bits per heavy atom. The van der Waals surface area contributed by atoms with Gasteiger partial charge in [0.15, 0.2) is 5.43 Å². The van der Waals surface area contributed by atoms with Crippen molar-refractivity contribution in [3.05, 3.63) is 70.9 Å². The Hall–Kier alpha value is -2.29. The van der Waals surface area contributed by atoms with E-state index in [9.17, 15) is 4.79 Å². The first-order chi connectivity index (χ1) is 8.34. The molecule has 0 bridgehead atoms. The topological polar surface area (TPSA) is 30.2 Å². The molecule has 3 aromatic rings. The SMILES string of the molecule is O=c1cc(-c2ccccc2)oc2ccccc12.[B]. The third-order valence-electron chi connectivity index (χ3n) is 2.69. The molecule has 3 rings (SSSR count). The highest BCUT2D eigenvalue weighted by Gasteiger charge is 2.05. The molecular formula is C15H10BO2. The van der Waals surface area contributed by atoms with Gasteiger partial charge in [0.25, 0.3) is 0 Å². The number of hydrogen-bond acceptors (Lipinski definition) is 2. The Morgan fingerprint density at radius 1 is 0.833 bits per heavy atom. The van der Waals surface area contributed by atoms with Gasteiger partial charge in [-0.1, -0.05) is 42.5 Å². The van der Waals surface area contributed by atoms with Gasteiger partial charge in [-0.2, -0.15) is 0 Å². The fourth-order valence-electron chi connectivity index (χ4n) is 1.85. The van der Waals surface area contributed by atoms with E-state index in [4.69, 9.17) is 4.42 Å². The lowest BCUT2D eigenvalue weighted by Gasteiger charge is -2.02. The molecule has 0 aliphatic heterocycles. The van der Waals surface area contributed by atoms with Gasteiger partial charge in [-0.15, -0.1) is 0 Å². The zero-order chi connectivity index (χ0) is 11.7. The van der Waals surface area contributed by atoms with Crippen molar-refractivity contribution in [1.82, 2.24) is 0 Å². The maximum Gasteiger partial charge on any atom is 0.193 e. The lowest BCUT2D eigenvalue weighted by molar-refractivity contribution is 0.619. The monoisotopic (exact) mass is 233 g/mol. The second-order valence-corrected chi connectivity index (χ2v) is 3.84. The van der Waals surface area contributed by atoms with E-state index in [1.165, 1.54) is 6.07 Å². The Kier molecular flexibility index (Phi) is 3.33. The fraction of sp³-hybridized carbons (Fsp3) is 0. The molecule has 0 fully saturated rings. The summed E-state index contributed by atoms with van der Waals surface area (Å²) >= 11 is 0. The van der Waals surface area contributed by atoms with Gasteiger partial charge < -0.3 is 4.42 Å². The molecule has 3 heteroatoms. The maximum atomic E-state index is 11.9. The van der Waals surface area contributed by atoms with Crippen LogP contribution in [0.25, 0.3) is 22.3 Å². The standard InChI is InChI=1S/C15H10O2.B/c16-13-10-15(11-6-2-1-3-7-11)17-14-9-5-4-8-12(13)14;/h1-10H;. The molecule has 2 aromatic carbocycles. The third kappa shape index (κ3) is 2.07. The molecule has 0 saturated carbocycles. The van der Waals surface area contributed by atoms with Gasteiger partial charge in [0.05, 0.1) is 5.39 Å². The van der Waals surface area contributed by atoms with Gasteiger partial charge >= 0.3 is 0 Å². The first kappa shape index (κ1) is 12.2. The van der Waals surface area contributed by atoms with Crippen LogP contribution in [0.5, 0.6) is 0 Å². The van der Waals surface area contributed by atoms with Crippen molar-refractivity contribution in [3.63, 3.8) is 0 Å². The van der Waals surface area contributed by atoms with Gasteiger partial charge in [-0.3, -0.25) is 4.79 Å². The Labute approximate surface area is 106 Å². The lowest BCUT2D eigenvalue weighted by Crippen LogP contribution is -1.99. The number of rotatable bonds is 1. The van der Waals surface area contributed by atoms with E-state index < -0.39 is 0 Å². The predicted molar refractivity (Wildman–Crippen MR) is 73.7 cm³/mol. The molecule has 1 heterocycles. The Bertz CT molecular complexity index is 717. The lowest BCUT2D eigenvalue weighted by atomic mass is 10.1. The highest BCUT2D eigenvalue weighted by atomic mass is 16.3. The Balaban J connectivity index is 0.00000120.